The molecule has 1 saturated heterocycles. The number of nitrogens with zero attached hydrogens (tertiary/aromatic N) is 2. The van der Waals surface area contributed by atoms with Gasteiger partial charge in [0.15, 0.2) is 0 Å². The topological polar surface area (TPSA) is 80.5 Å². The number of para-hydroxylation sites is 1. The molecule has 1 aliphatic carbocycles. The maximum atomic E-state index is 12.4. The third-order valence-corrected chi connectivity index (χ3v) is 8.91. The van der Waals surface area contributed by atoms with Crippen molar-refractivity contribution in [3.63, 3.8) is 0 Å². The van der Waals surface area contributed by atoms with Crippen LogP contribution in [0.15, 0.2) is 42.6 Å². The van der Waals surface area contributed by atoms with Crippen LogP contribution in [0.1, 0.15) is 63.4 Å². The lowest BCUT2D eigenvalue weighted by Crippen LogP contribution is -2.50. The maximum Gasteiger partial charge on any atom is 0.238 e. The van der Waals surface area contributed by atoms with Gasteiger partial charge in [0.05, 0.1) is 11.7 Å². The Hall–Kier alpha value is -2.44. The number of allylic oxidation sites excluding steroid dienone is 1. The largest absolute Gasteiger partial charge is 0.484 e. The summed E-state index contributed by atoms with van der Waals surface area (Å²) in [7, 11) is 0. The van der Waals surface area contributed by atoms with Crippen molar-refractivity contribution in [1.29, 1.82) is 0 Å². The fraction of sp³-hybridized carbons (Fsp3) is 0.586. The fourth-order valence-electron chi connectivity index (χ4n) is 6.77. The number of rotatable bonds is 1. The first-order valence-electron chi connectivity index (χ1n) is 13.6. The first kappa shape index (κ1) is 23.0. The van der Waals surface area contributed by atoms with Crippen molar-refractivity contribution in [2.45, 2.75) is 81.4 Å². The van der Waals surface area contributed by atoms with Crippen molar-refractivity contribution in [1.82, 2.24) is 15.2 Å². The zero-order valence-electron chi connectivity index (χ0n) is 20.7. The third-order valence-electron chi connectivity index (χ3n) is 8.91. The van der Waals surface area contributed by atoms with E-state index in [1.54, 1.807) is 0 Å². The molecular formula is C29H38N4O2. The second-order valence-electron chi connectivity index (χ2n) is 11.2. The molecule has 6 heteroatoms. The number of amides is 1. The van der Waals surface area contributed by atoms with Gasteiger partial charge in [-0.2, -0.15) is 0 Å². The molecule has 1 amide bonds. The summed E-state index contributed by atoms with van der Waals surface area (Å²) >= 11 is 0. The zero-order chi connectivity index (χ0) is 23.9. The number of pyridine rings is 1. The predicted octanol–water partition coefficient (Wildman–Crippen LogP) is 4.12. The predicted molar refractivity (Wildman–Crippen MR) is 138 cm³/mol. The van der Waals surface area contributed by atoms with Crippen molar-refractivity contribution in [3.05, 3.63) is 48.2 Å². The van der Waals surface area contributed by atoms with Crippen LogP contribution >= 0.6 is 0 Å². The Balaban J connectivity index is 1.22. The van der Waals surface area contributed by atoms with E-state index in [2.05, 4.69) is 45.6 Å². The van der Waals surface area contributed by atoms with Crippen LogP contribution in [0.3, 0.4) is 0 Å². The van der Waals surface area contributed by atoms with Gasteiger partial charge in [0.25, 0.3) is 0 Å². The summed E-state index contributed by atoms with van der Waals surface area (Å²) < 4.78 is 6.81. The number of carbonyl (C=O) groups is 1. The van der Waals surface area contributed by atoms with Crippen molar-refractivity contribution in [2.75, 3.05) is 19.6 Å². The van der Waals surface area contributed by atoms with Crippen molar-refractivity contribution < 1.29 is 9.53 Å². The summed E-state index contributed by atoms with van der Waals surface area (Å²) in [5, 5.41) is 4.85. The first-order valence-corrected chi connectivity index (χ1v) is 13.6. The Morgan fingerprint density at radius 3 is 2.91 bits per heavy atom. The standard InChI is InChI=1S/C29H38N4O2/c30-27(34)29-16-21(29)10-6-4-2-1-3-5-9-15-33-20-28(17-22(33)18-32-29)14-13-24-23-11-7-8-12-25(23)31-19-26(24)35-28/h6-8,10-12,19,21-22,32H,1-5,9,13-18,20H2,(H2,30,34)/b10-6-. The Bertz CT molecular complexity index is 1130. The average molecular weight is 475 g/mol. The Labute approximate surface area is 208 Å². The van der Waals surface area contributed by atoms with E-state index in [9.17, 15) is 4.79 Å². The second-order valence-corrected chi connectivity index (χ2v) is 11.2. The molecule has 1 spiro atoms. The summed E-state index contributed by atoms with van der Waals surface area (Å²) in [6, 6.07) is 8.71. The first-order chi connectivity index (χ1) is 17.1. The van der Waals surface area contributed by atoms with E-state index < -0.39 is 5.54 Å². The fourth-order valence-corrected chi connectivity index (χ4v) is 6.77. The maximum absolute atomic E-state index is 12.4. The van der Waals surface area contributed by atoms with Gasteiger partial charge in [0.2, 0.25) is 5.91 Å². The minimum Gasteiger partial charge on any atom is -0.484 e. The molecule has 4 unspecified atom stereocenters. The molecule has 4 aliphatic rings. The third kappa shape index (κ3) is 4.36. The second kappa shape index (κ2) is 9.21. The molecular weight excluding hydrogens is 436 g/mol. The Morgan fingerprint density at radius 2 is 2.00 bits per heavy atom. The van der Waals surface area contributed by atoms with Gasteiger partial charge in [-0.3, -0.25) is 14.7 Å². The molecule has 4 heterocycles. The van der Waals surface area contributed by atoms with Crippen molar-refractivity contribution in [3.8, 4) is 5.75 Å². The van der Waals surface area contributed by atoms with E-state index in [1.165, 1.54) is 43.1 Å². The van der Waals surface area contributed by atoms with Gasteiger partial charge in [-0.15, -0.1) is 0 Å². The van der Waals surface area contributed by atoms with E-state index >= 15 is 0 Å². The van der Waals surface area contributed by atoms with Crippen LogP contribution in [0.25, 0.3) is 10.9 Å². The quantitative estimate of drug-likeness (QED) is 0.608. The molecule has 0 radical (unpaired) electrons. The van der Waals surface area contributed by atoms with E-state index in [1.807, 2.05) is 12.3 Å². The normalized spacial score (nSPS) is 34.6. The highest BCUT2D eigenvalue weighted by atomic mass is 16.5. The smallest absolute Gasteiger partial charge is 0.238 e. The molecule has 4 atom stereocenters. The van der Waals surface area contributed by atoms with Gasteiger partial charge >= 0.3 is 0 Å². The summed E-state index contributed by atoms with van der Waals surface area (Å²) in [6.45, 7) is 2.81. The zero-order valence-corrected chi connectivity index (χ0v) is 20.7. The van der Waals surface area contributed by atoms with Crippen LogP contribution in [-0.2, 0) is 11.2 Å². The van der Waals surface area contributed by atoms with Crippen LogP contribution in [0.2, 0.25) is 0 Å². The van der Waals surface area contributed by atoms with Crippen LogP contribution in [0.5, 0.6) is 5.75 Å². The molecule has 1 saturated carbocycles. The van der Waals surface area contributed by atoms with E-state index in [0.717, 1.165) is 63.0 Å². The van der Waals surface area contributed by atoms with Gasteiger partial charge in [-0.05, 0) is 51.1 Å². The molecule has 1 aromatic carbocycles. The molecule has 0 bridgehead atoms. The number of carbonyl (C=O) groups excluding carboxylic acids is 1. The van der Waals surface area contributed by atoms with E-state index in [4.69, 9.17) is 10.5 Å². The minimum atomic E-state index is -0.568. The lowest BCUT2D eigenvalue weighted by molar-refractivity contribution is -0.121. The number of aryl methyl sites for hydroxylation is 1. The molecule has 35 heavy (non-hydrogen) atoms. The number of aromatic nitrogens is 1. The number of hydrogen-bond donors (Lipinski definition) is 2. The SMILES string of the molecule is NC(=O)C12CC1/C=C\CCCCCCCN1CC3(CCc4c(cnc5ccccc45)O3)CC1CN2. The monoisotopic (exact) mass is 474 g/mol. The molecule has 1 aromatic heterocycles. The molecule has 6 nitrogen and oxygen atoms in total. The number of nitrogens with two attached hydrogens (primary N) is 1. The van der Waals surface area contributed by atoms with Crippen LogP contribution in [0.4, 0.5) is 0 Å². The summed E-state index contributed by atoms with van der Waals surface area (Å²) in [5.74, 6) is 0.967. The Kier molecular flexibility index (Phi) is 6.05. The van der Waals surface area contributed by atoms with E-state index in [0.29, 0.717) is 6.04 Å². The number of nitrogens with one attached hydrogen (secondary N) is 1. The highest BCUT2D eigenvalue weighted by Crippen LogP contribution is 2.46. The summed E-state index contributed by atoms with van der Waals surface area (Å²) in [6.07, 6.45) is 17.7. The minimum absolute atomic E-state index is 0.183. The van der Waals surface area contributed by atoms with Gasteiger partial charge in [0, 0.05) is 42.4 Å². The van der Waals surface area contributed by atoms with Gasteiger partial charge in [-0.1, -0.05) is 49.6 Å². The lowest BCUT2D eigenvalue weighted by Gasteiger charge is -2.36. The summed E-state index contributed by atoms with van der Waals surface area (Å²) in [4.78, 5) is 19.7. The van der Waals surface area contributed by atoms with Gasteiger partial charge in [0.1, 0.15) is 16.9 Å². The number of hydrogen-bond acceptors (Lipinski definition) is 5. The van der Waals surface area contributed by atoms with Crippen LogP contribution in [0, 0.1) is 5.92 Å². The van der Waals surface area contributed by atoms with Crippen LogP contribution in [-0.4, -0.2) is 52.6 Å². The lowest BCUT2D eigenvalue weighted by atomic mass is 9.88. The highest BCUT2D eigenvalue weighted by Gasteiger charge is 2.58. The van der Waals surface area contributed by atoms with Crippen LogP contribution < -0.4 is 15.8 Å². The number of fused-ring (bicyclic) bond motifs is 5. The van der Waals surface area contributed by atoms with Crippen molar-refractivity contribution in [2.24, 2.45) is 11.7 Å². The van der Waals surface area contributed by atoms with E-state index in [-0.39, 0.29) is 17.4 Å². The summed E-state index contributed by atoms with van der Waals surface area (Å²) in [5.41, 5.74) is 7.48. The molecule has 186 valence electrons. The number of primary amides is 1. The molecule has 3 N–H and O–H groups in total. The Morgan fingerprint density at radius 1 is 1.14 bits per heavy atom. The molecule has 2 fully saturated rings. The molecule has 3 aliphatic heterocycles. The number of ether oxygens (including phenoxy) is 1. The van der Waals surface area contributed by atoms with Crippen molar-refractivity contribution >= 4 is 16.8 Å². The number of benzene rings is 1. The van der Waals surface area contributed by atoms with Gasteiger partial charge < -0.3 is 15.8 Å². The molecule has 2 aromatic rings. The van der Waals surface area contributed by atoms with Gasteiger partial charge in [-0.25, -0.2) is 0 Å². The highest BCUT2D eigenvalue weighted by molar-refractivity contribution is 5.89. The average Bonchev–Trinajstić information content (AvgIpc) is 3.49. The molecule has 6 rings (SSSR count).